The highest BCUT2D eigenvalue weighted by Gasteiger charge is 1.84. The Morgan fingerprint density at radius 2 is 1.89 bits per heavy atom. The third kappa shape index (κ3) is 2.03. The average Bonchev–Trinajstić information content (AvgIpc) is 1.91. The Morgan fingerprint density at radius 3 is 2.44 bits per heavy atom. The summed E-state index contributed by atoms with van der Waals surface area (Å²) in [4.78, 5) is 0. The molecule has 1 rings (SSSR count). The maximum atomic E-state index is 5.07. The number of hydrogen-bond donors (Lipinski definition) is 0. The molecule has 0 amide bonds. The van der Waals surface area contributed by atoms with Gasteiger partial charge in [0.2, 0.25) is 0 Å². The summed E-state index contributed by atoms with van der Waals surface area (Å²) < 4.78 is 5.07. The van der Waals surface area contributed by atoms with Gasteiger partial charge in [0.15, 0.2) is 0 Å². The van der Waals surface area contributed by atoms with Crippen LogP contribution in [0.25, 0.3) is 0 Å². The Bertz CT molecular complexity index is 162. The zero-order valence-corrected chi connectivity index (χ0v) is 5.84. The lowest BCUT2D eigenvalue weighted by Crippen LogP contribution is -1.85. The summed E-state index contributed by atoms with van der Waals surface area (Å²) in [6.07, 6.45) is 0.435. The molecule has 0 bridgehead atoms. The fraction of sp³-hybridized carbons (Fsp3) is 0.143. The molecule has 0 saturated heterocycles. The molecule has 0 N–H and O–H groups in total. The first kappa shape index (κ1) is 6.57. The summed E-state index contributed by atoms with van der Waals surface area (Å²) in [6, 6.07) is 9.61. The number of benzene rings is 1. The first-order valence-electron chi connectivity index (χ1n) is 2.72. The van der Waals surface area contributed by atoms with Gasteiger partial charge in [0.25, 0.3) is 0 Å². The van der Waals surface area contributed by atoms with Gasteiger partial charge in [-0.1, -0.05) is 18.2 Å². The van der Waals surface area contributed by atoms with Crippen molar-refractivity contribution in [3.63, 3.8) is 0 Å². The molecular weight excluding hydrogens is 131 g/mol. The number of para-hydroxylation sites is 1. The first-order chi connectivity index (χ1) is 4.43. The summed E-state index contributed by atoms with van der Waals surface area (Å²) in [7, 11) is 3.91. The molecule has 0 aromatic heterocycles. The van der Waals surface area contributed by atoms with Gasteiger partial charge < -0.3 is 4.74 Å². The van der Waals surface area contributed by atoms with E-state index in [0.29, 0.717) is 6.35 Å². The van der Waals surface area contributed by atoms with Crippen molar-refractivity contribution in [2.75, 3.05) is 6.35 Å². The highest BCUT2D eigenvalue weighted by Crippen LogP contribution is 2.08. The van der Waals surface area contributed by atoms with Crippen molar-refractivity contribution in [1.82, 2.24) is 0 Å². The topological polar surface area (TPSA) is 9.23 Å². The van der Waals surface area contributed by atoms with Crippen molar-refractivity contribution in [2.24, 2.45) is 0 Å². The van der Waals surface area contributed by atoms with Gasteiger partial charge in [-0.2, -0.15) is 0 Å². The maximum absolute atomic E-state index is 5.07. The first-order valence-corrected chi connectivity index (χ1v) is 3.35. The Hall–Kier alpha value is -0.550. The van der Waals surface area contributed by atoms with Crippen molar-refractivity contribution in [2.45, 2.75) is 0 Å². The molecule has 0 aliphatic carbocycles. The zero-order valence-electron chi connectivity index (χ0n) is 4.95. The fourth-order valence-corrected chi connectivity index (χ4v) is 0.740. The van der Waals surface area contributed by atoms with Gasteiger partial charge >= 0.3 is 0 Å². The molecule has 1 aromatic rings. The van der Waals surface area contributed by atoms with Crippen LogP contribution < -0.4 is 4.74 Å². The van der Waals surface area contributed by atoms with E-state index in [9.17, 15) is 0 Å². The second-order valence-corrected chi connectivity index (χ2v) is 1.84. The summed E-state index contributed by atoms with van der Waals surface area (Å²) >= 11 is 0. The van der Waals surface area contributed by atoms with Gasteiger partial charge in [0, 0.05) is 9.24 Å². The fourth-order valence-electron chi connectivity index (χ4n) is 0.591. The predicted octanol–water partition coefficient (Wildman–Crippen LogP) is 2.43. The molecule has 1 nitrogen and oxygen atoms in total. The van der Waals surface area contributed by atoms with E-state index in [1.165, 1.54) is 0 Å². The minimum Gasteiger partial charge on any atom is -0.488 e. The smallest absolute Gasteiger partial charge is 0.119 e. The molecular formula is C7H7OP. The SMILES string of the molecule is [P]COc1ccccc1. The van der Waals surface area contributed by atoms with Crippen LogP contribution >= 0.6 is 9.24 Å². The lowest BCUT2D eigenvalue weighted by molar-refractivity contribution is 0.392. The normalized spacial score (nSPS) is 9.00. The average molecular weight is 138 g/mol. The third-order valence-corrected chi connectivity index (χ3v) is 1.10. The van der Waals surface area contributed by atoms with Crippen molar-refractivity contribution in [3.8, 4) is 5.75 Å². The van der Waals surface area contributed by atoms with Gasteiger partial charge in [-0.3, -0.25) is 0 Å². The van der Waals surface area contributed by atoms with E-state index in [4.69, 9.17) is 4.74 Å². The second kappa shape index (κ2) is 3.47. The molecule has 0 saturated carbocycles. The van der Waals surface area contributed by atoms with Gasteiger partial charge in [-0.15, -0.1) is 0 Å². The largest absolute Gasteiger partial charge is 0.488 e. The van der Waals surface area contributed by atoms with E-state index in [-0.39, 0.29) is 0 Å². The van der Waals surface area contributed by atoms with Gasteiger partial charge in [-0.05, 0) is 12.1 Å². The van der Waals surface area contributed by atoms with Crippen LogP contribution in [0.15, 0.2) is 30.3 Å². The summed E-state index contributed by atoms with van der Waals surface area (Å²) in [5.41, 5.74) is 0. The predicted molar refractivity (Wildman–Crippen MR) is 38.9 cm³/mol. The van der Waals surface area contributed by atoms with Crippen LogP contribution in [0.3, 0.4) is 0 Å². The minimum absolute atomic E-state index is 0.435. The van der Waals surface area contributed by atoms with Crippen LogP contribution in [0.5, 0.6) is 5.75 Å². The Balaban J connectivity index is 2.61. The molecule has 1 aromatic carbocycles. The second-order valence-electron chi connectivity index (χ2n) is 1.59. The summed E-state index contributed by atoms with van der Waals surface area (Å²) in [5.74, 6) is 0.868. The van der Waals surface area contributed by atoms with Crippen molar-refractivity contribution >= 4 is 9.24 Å². The van der Waals surface area contributed by atoms with Gasteiger partial charge in [0.1, 0.15) is 12.1 Å². The molecule has 0 heterocycles. The summed E-state index contributed by atoms with van der Waals surface area (Å²) in [6.45, 7) is 0. The highest BCUT2D eigenvalue weighted by molar-refractivity contribution is 7.16. The number of rotatable bonds is 2. The van der Waals surface area contributed by atoms with Crippen LogP contribution in [-0.4, -0.2) is 6.35 Å². The van der Waals surface area contributed by atoms with Crippen molar-refractivity contribution in [1.29, 1.82) is 0 Å². The third-order valence-electron chi connectivity index (χ3n) is 0.974. The molecule has 9 heavy (non-hydrogen) atoms. The Kier molecular flexibility index (Phi) is 2.53. The van der Waals surface area contributed by atoms with Crippen molar-refractivity contribution < 1.29 is 4.74 Å². The van der Waals surface area contributed by atoms with E-state index < -0.39 is 0 Å². The maximum Gasteiger partial charge on any atom is 0.119 e. The zero-order chi connectivity index (χ0) is 6.53. The summed E-state index contributed by atoms with van der Waals surface area (Å²) in [5, 5.41) is 0. The van der Waals surface area contributed by atoms with Crippen LogP contribution in [0.2, 0.25) is 0 Å². The van der Waals surface area contributed by atoms with E-state index in [1.807, 2.05) is 30.3 Å². The lowest BCUT2D eigenvalue weighted by atomic mass is 10.3. The van der Waals surface area contributed by atoms with E-state index >= 15 is 0 Å². The molecule has 2 radical (unpaired) electrons. The number of ether oxygens (including phenoxy) is 1. The van der Waals surface area contributed by atoms with Gasteiger partial charge in [-0.25, -0.2) is 0 Å². The van der Waals surface area contributed by atoms with Crippen LogP contribution in [0.1, 0.15) is 0 Å². The highest BCUT2D eigenvalue weighted by atomic mass is 31.0. The Labute approximate surface area is 57.2 Å². The molecule has 0 unspecified atom stereocenters. The van der Waals surface area contributed by atoms with E-state index in [2.05, 4.69) is 9.24 Å². The molecule has 0 atom stereocenters. The van der Waals surface area contributed by atoms with E-state index in [1.54, 1.807) is 0 Å². The Morgan fingerprint density at radius 1 is 1.22 bits per heavy atom. The molecule has 2 heteroatoms. The van der Waals surface area contributed by atoms with Crippen molar-refractivity contribution in [3.05, 3.63) is 30.3 Å². The molecule has 46 valence electrons. The van der Waals surface area contributed by atoms with Gasteiger partial charge in [0.05, 0.1) is 0 Å². The minimum atomic E-state index is 0.435. The van der Waals surface area contributed by atoms with E-state index in [0.717, 1.165) is 5.75 Å². The quantitative estimate of drug-likeness (QED) is 0.570. The monoisotopic (exact) mass is 138 g/mol. The molecule has 0 aliphatic heterocycles. The van der Waals surface area contributed by atoms with Crippen LogP contribution in [0, 0.1) is 0 Å². The van der Waals surface area contributed by atoms with Crippen LogP contribution in [-0.2, 0) is 0 Å². The lowest BCUT2D eigenvalue weighted by Gasteiger charge is -1.98. The standard InChI is InChI=1S/C7H7OP/c9-6-8-7-4-2-1-3-5-7/h1-5H,6H2. The van der Waals surface area contributed by atoms with Crippen LogP contribution in [0.4, 0.5) is 0 Å². The number of hydrogen-bond acceptors (Lipinski definition) is 1. The molecule has 0 aliphatic rings. The molecule has 0 fully saturated rings. The molecule has 0 spiro atoms.